The Morgan fingerprint density at radius 2 is 0.923 bits per heavy atom. The van der Waals surface area contributed by atoms with Crippen molar-refractivity contribution in [2.45, 2.75) is 87.5 Å². The number of aliphatic hydroxyl groups excluding tert-OH is 1. The quantitative estimate of drug-likeness (QED) is 0.738. The van der Waals surface area contributed by atoms with Gasteiger partial charge in [-0.1, -0.05) is 0 Å². The molecule has 4 fully saturated rings. The van der Waals surface area contributed by atoms with E-state index in [2.05, 4.69) is 0 Å². The van der Waals surface area contributed by atoms with Crippen LogP contribution in [0, 0.1) is 0 Å². The van der Waals surface area contributed by atoms with E-state index in [1.165, 1.54) is 21.3 Å². The smallest absolute Gasteiger partial charge is 0.221 e. The van der Waals surface area contributed by atoms with Crippen molar-refractivity contribution in [3.8, 4) is 0 Å². The van der Waals surface area contributed by atoms with Crippen molar-refractivity contribution < 1.29 is 43.0 Å². The van der Waals surface area contributed by atoms with Gasteiger partial charge in [0.25, 0.3) is 0 Å². The van der Waals surface area contributed by atoms with Crippen molar-refractivity contribution in [1.82, 2.24) is 0 Å². The molecule has 0 aromatic carbocycles. The third kappa shape index (κ3) is 2.12. The lowest BCUT2D eigenvalue weighted by Gasteiger charge is -2.57. The molecule has 4 unspecified atom stereocenters. The lowest BCUT2D eigenvalue weighted by molar-refractivity contribution is -0.469. The Balaban J connectivity index is 1.74. The van der Waals surface area contributed by atoms with Gasteiger partial charge in [0.1, 0.15) is 36.6 Å². The molecular formula is C17H28O9. The highest BCUT2D eigenvalue weighted by Gasteiger charge is 2.73. The van der Waals surface area contributed by atoms with Crippen molar-refractivity contribution in [2.75, 3.05) is 21.3 Å². The first-order valence-electron chi connectivity index (χ1n) is 8.79. The molecule has 9 heteroatoms. The molecule has 3 aliphatic heterocycles. The third-order valence-corrected chi connectivity index (χ3v) is 6.59. The topological polar surface area (TPSA) is 94.1 Å². The molecular weight excluding hydrogens is 348 g/mol. The summed E-state index contributed by atoms with van der Waals surface area (Å²) in [7, 11) is 4.52. The third-order valence-electron chi connectivity index (χ3n) is 6.59. The molecule has 0 amide bonds. The molecule has 0 spiro atoms. The van der Waals surface area contributed by atoms with Crippen LogP contribution in [0.25, 0.3) is 0 Å². The standard InChI is InChI=1S/C17H28O9/c1-14(19-5)15(2,20-6)24-11-9(22-14)8(18)10-12-13(11)26-17(4,25-12)16(3,21-7)23-10/h8-13,18H,1-7H3/t8-,9-,10+,11+,12+,13+,14?,15?,16?,17?/m1/s1. The van der Waals surface area contributed by atoms with Crippen LogP contribution in [0.1, 0.15) is 27.7 Å². The lowest BCUT2D eigenvalue weighted by Crippen LogP contribution is -2.75. The van der Waals surface area contributed by atoms with E-state index in [4.69, 9.17) is 37.9 Å². The van der Waals surface area contributed by atoms with Crippen molar-refractivity contribution in [3.05, 3.63) is 0 Å². The summed E-state index contributed by atoms with van der Waals surface area (Å²) in [6.07, 6.45) is -4.15. The SMILES string of the molecule is COC1(C)O[C@@H]2[C@@H]3OC4(C)O[C@H]3[C@@H](OC4(C)OC)[C@H](O)[C@H]2OC1(C)OC. The van der Waals surface area contributed by atoms with Gasteiger partial charge in [-0.3, -0.25) is 0 Å². The molecule has 1 saturated carbocycles. The van der Waals surface area contributed by atoms with Crippen molar-refractivity contribution in [1.29, 1.82) is 0 Å². The summed E-state index contributed by atoms with van der Waals surface area (Å²) in [4.78, 5) is 0. The van der Waals surface area contributed by atoms with Gasteiger partial charge in [0.15, 0.2) is 0 Å². The minimum atomic E-state index is -1.23. The normalized spacial score (nSPS) is 61.4. The minimum Gasteiger partial charge on any atom is -0.387 e. The summed E-state index contributed by atoms with van der Waals surface area (Å²) in [5.41, 5.74) is 0. The van der Waals surface area contributed by atoms with E-state index in [1.54, 1.807) is 27.7 Å². The number of methoxy groups -OCH3 is 3. The second kappa shape index (κ2) is 5.59. The molecule has 1 N–H and O–H groups in total. The predicted molar refractivity (Wildman–Crippen MR) is 85.0 cm³/mol. The van der Waals surface area contributed by atoms with E-state index in [0.29, 0.717) is 0 Å². The molecule has 4 aliphatic rings. The van der Waals surface area contributed by atoms with E-state index < -0.39 is 59.8 Å². The van der Waals surface area contributed by atoms with Crippen LogP contribution in [0.2, 0.25) is 0 Å². The van der Waals surface area contributed by atoms with Gasteiger partial charge >= 0.3 is 0 Å². The Morgan fingerprint density at radius 3 is 1.38 bits per heavy atom. The monoisotopic (exact) mass is 376 g/mol. The van der Waals surface area contributed by atoms with Crippen LogP contribution in [0.5, 0.6) is 0 Å². The molecule has 0 radical (unpaired) electrons. The van der Waals surface area contributed by atoms with Crippen LogP contribution in [-0.4, -0.2) is 86.2 Å². The number of hydrogen-bond acceptors (Lipinski definition) is 9. The minimum absolute atomic E-state index is 0.518. The van der Waals surface area contributed by atoms with Gasteiger partial charge < -0.3 is 43.0 Å². The first-order chi connectivity index (χ1) is 12.1. The molecule has 4 rings (SSSR count). The van der Waals surface area contributed by atoms with E-state index >= 15 is 0 Å². The highest BCUT2D eigenvalue weighted by molar-refractivity contribution is 5.13. The van der Waals surface area contributed by atoms with Gasteiger partial charge in [-0.25, -0.2) is 0 Å². The second-order valence-electron chi connectivity index (χ2n) is 7.80. The number of aliphatic hydroxyl groups is 1. The predicted octanol–water partition coefficient (Wildman–Crippen LogP) is 0.132. The molecule has 10 atom stereocenters. The zero-order valence-electron chi connectivity index (χ0n) is 16.2. The van der Waals surface area contributed by atoms with Crippen LogP contribution in [0.15, 0.2) is 0 Å². The van der Waals surface area contributed by atoms with E-state index in [1.807, 2.05) is 0 Å². The number of hydrogen-bond donors (Lipinski definition) is 1. The van der Waals surface area contributed by atoms with E-state index in [9.17, 15) is 5.11 Å². The maximum atomic E-state index is 11.0. The van der Waals surface area contributed by atoms with Crippen LogP contribution in [0.4, 0.5) is 0 Å². The fraction of sp³-hybridized carbons (Fsp3) is 1.00. The summed E-state index contributed by atoms with van der Waals surface area (Å²) >= 11 is 0. The Morgan fingerprint density at radius 1 is 0.577 bits per heavy atom. The van der Waals surface area contributed by atoms with Crippen molar-refractivity contribution in [3.63, 3.8) is 0 Å². The summed E-state index contributed by atoms with van der Waals surface area (Å²) < 4.78 is 47.5. The van der Waals surface area contributed by atoms with Gasteiger partial charge in [0.05, 0.1) is 0 Å². The van der Waals surface area contributed by atoms with Gasteiger partial charge in [-0.05, 0) is 27.7 Å². The van der Waals surface area contributed by atoms with Crippen LogP contribution in [0.3, 0.4) is 0 Å². The maximum absolute atomic E-state index is 11.0. The summed E-state index contributed by atoms with van der Waals surface area (Å²) in [6.45, 7) is 6.91. The molecule has 1 aliphatic carbocycles. The zero-order valence-corrected chi connectivity index (χ0v) is 16.2. The zero-order chi connectivity index (χ0) is 19.1. The van der Waals surface area contributed by atoms with E-state index in [-0.39, 0.29) is 0 Å². The molecule has 3 heterocycles. The number of fused-ring (bicyclic) bond motifs is 3. The van der Waals surface area contributed by atoms with Crippen molar-refractivity contribution in [2.24, 2.45) is 0 Å². The van der Waals surface area contributed by atoms with Gasteiger partial charge in [0, 0.05) is 21.3 Å². The molecule has 3 saturated heterocycles. The molecule has 150 valence electrons. The molecule has 0 aromatic rings. The van der Waals surface area contributed by atoms with Gasteiger partial charge in [-0.2, -0.15) is 0 Å². The maximum Gasteiger partial charge on any atom is 0.221 e. The van der Waals surface area contributed by atoms with Crippen LogP contribution in [-0.2, 0) is 37.9 Å². The molecule has 2 bridgehead atoms. The molecule has 26 heavy (non-hydrogen) atoms. The van der Waals surface area contributed by atoms with Crippen LogP contribution >= 0.6 is 0 Å². The Hall–Kier alpha value is -0.360. The Labute approximate surface area is 152 Å². The van der Waals surface area contributed by atoms with Gasteiger partial charge in [-0.15, -0.1) is 0 Å². The van der Waals surface area contributed by atoms with Crippen molar-refractivity contribution >= 4 is 0 Å². The molecule has 9 nitrogen and oxygen atoms in total. The number of ether oxygens (including phenoxy) is 8. The average Bonchev–Trinajstić information content (AvgIpc) is 2.96. The largest absolute Gasteiger partial charge is 0.387 e. The first-order valence-corrected chi connectivity index (χ1v) is 8.79. The fourth-order valence-corrected chi connectivity index (χ4v) is 4.37. The Bertz CT molecular complexity index is 587. The summed E-state index contributed by atoms with van der Waals surface area (Å²) in [5.74, 6) is -4.77. The van der Waals surface area contributed by atoms with Crippen LogP contribution < -0.4 is 0 Å². The lowest BCUT2D eigenvalue weighted by atomic mass is 9.82. The average molecular weight is 376 g/mol. The van der Waals surface area contributed by atoms with Gasteiger partial charge in [0.2, 0.25) is 23.1 Å². The first kappa shape index (κ1) is 19.0. The highest BCUT2D eigenvalue weighted by atomic mass is 16.9. The van der Waals surface area contributed by atoms with E-state index in [0.717, 1.165) is 0 Å². The second-order valence-corrected chi connectivity index (χ2v) is 7.80. The highest BCUT2D eigenvalue weighted by Crippen LogP contribution is 2.54. The summed E-state index contributed by atoms with van der Waals surface area (Å²) in [5, 5.41) is 11.0. The Kier molecular flexibility index (Phi) is 4.08. The fourth-order valence-electron chi connectivity index (χ4n) is 4.37. The number of rotatable bonds is 3. The summed E-state index contributed by atoms with van der Waals surface area (Å²) in [6, 6.07) is 0. The molecule has 0 aromatic heterocycles.